The Bertz CT molecular complexity index is 375. The molecule has 1 aromatic rings. The van der Waals surface area contributed by atoms with Crippen molar-refractivity contribution in [3.8, 4) is 0 Å². The Balaban J connectivity index is 2.82. The van der Waals surface area contributed by atoms with E-state index in [4.69, 9.17) is 4.74 Å². The van der Waals surface area contributed by atoms with Crippen LogP contribution in [0.1, 0.15) is 23.0 Å². The summed E-state index contributed by atoms with van der Waals surface area (Å²) in [7, 11) is 0. The van der Waals surface area contributed by atoms with Gasteiger partial charge in [0.05, 0.1) is 12.2 Å². The van der Waals surface area contributed by atoms with Crippen LogP contribution in [0.4, 0.5) is 0 Å². The molecular weight excluding hydrogens is 198 g/mol. The molecule has 0 aliphatic carbocycles. The number of carbonyl (C=O) groups excluding carboxylic acids is 2. The molecule has 0 radical (unpaired) electrons. The van der Waals surface area contributed by atoms with Crippen LogP contribution >= 0.6 is 0 Å². The van der Waals surface area contributed by atoms with Crippen molar-refractivity contribution in [2.45, 2.75) is 13.3 Å². The first-order chi connectivity index (χ1) is 7.13. The number of rotatable bonds is 4. The second-order valence-corrected chi connectivity index (χ2v) is 2.81. The lowest BCUT2D eigenvalue weighted by atomic mass is 10.2. The molecule has 0 spiro atoms. The van der Waals surface area contributed by atoms with Gasteiger partial charge in [0.25, 0.3) is 0 Å². The Hall–Kier alpha value is -1.91. The molecule has 0 aromatic carbocycles. The fourth-order valence-corrected chi connectivity index (χ4v) is 1.06. The van der Waals surface area contributed by atoms with Crippen LogP contribution in [0.2, 0.25) is 0 Å². The number of carboxylic acid groups (broad SMARTS) is 1. The Morgan fingerprint density at radius 2 is 2.27 bits per heavy atom. The number of hydrogen-bond donors (Lipinski definition) is 0. The maximum absolute atomic E-state index is 11.3. The Morgan fingerprint density at radius 3 is 2.87 bits per heavy atom. The molecule has 0 amide bonds. The van der Waals surface area contributed by atoms with Crippen molar-refractivity contribution in [2.24, 2.45) is 0 Å². The van der Waals surface area contributed by atoms with E-state index in [2.05, 4.69) is 4.98 Å². The normalized spacial score (nSPS) is 9.67. The van der Waals surface area contributed by atoms with Crippen LogP contribution < -0.4 is 5.11 Å². The zero-order chi connectivity index (χ0) is 11.3. The summed E-state index contributed by atoms with van der Waals surface area (Å²) in [4.78, 5) is 25.4. The number of ether oxygens (including phenoxy) is 1. The van der Waals surface area contributed by atoms with E-state index in [1.807, 2.05) is 0 Å². The average molecular weight is 208 g/mol. The molecule has 0 saturated carbocycles. The largest absolute Gasteiger partial charge is 0.550 e. The molecule has 0 saturated heterocycles. The van der Waals surface area contributed by atoms with E-state index in [-0.39, 0.29) is 18.7 Å². The molecule has 0 atom stereocenters. The Kier molecular flexibility index (Phi) is 3.79. The lowest BCUT2D eigenvalue weighted by Crippen LogP contribution is -2.25. The zero-order valence-corrected chi connectivity index (χ0v) is 8.23. The number of aliphatic carboxylic acids is 1. The molecule has 5 heteroatoms. The maximum Gasteiger partial charge on any atom is 0.338 e. The minimum atomic E-state index is -1.23. The van der Waals surface area contributed by atoms with E-state index in [1.54, 1.807) is 6.92 Å². The summed E-state index contributed by atoms with van der Waals surface area (Å²) in [6.07, 6.45) is 1.05. The van der Waals surface area contributed by atoms with Crippen LogP contribution in [0.3, 0.4) is 0 Å². The van der Waals surface area contributed by atoms with Gasteiger partial charge in [0.15, 0.2) is 0 Å². The smallest absolute Gasteiger partial charge is 0.338 e. The Morgan fingerprint density at radius 1 is 1.53 bits per heavy atom. The van der Waals surface area contributed by atoms with Crippen molar-refractivity contribution in [2.75, 3.05) is 6.61 Å². The minimum Gasteiger partial charge on any atom is -0.550 e. The highest BCUT2D eigenvalue weighted by Gasteiger charge is 2.07. The van der Waals surface area contributed by atoms with Crippen molar-refractivity contribution in [1.29, 1.82) is 0 Å². The van der Waals surface area contributed by atoms with Gasteiger partial charge < -0.3 is 14.6 Å². The minimum absolute atomic E-state index is 0.275. The molecule has 0 aliphatic heterocycles. The predicted octanol–water partition coefficient (Wildman–Crippen LogP) is -0.449. The number of hydrogen-bond acceptors (Lipinski definition) is 5. The van der Waals surface area contributed by atoms with Gasteiger partial charge in [-0.15, -0.1) is 0 Å². The summed E-state index contributed by atoms with van der Waals surface area (Å²) in [5.41, 5.74) is 0.573. The number of carboxylic acids is 1. The van der Waals surface area contributed by atoms with E-state index in [1.165, 1.54) is 18.3 Å². The van der Waals surface area contributed by atoms with Crippen molar-refractivity contribution < 1.29 is 19.4 Å². The van der Waals surface area contributed by atoms with Gasteiger partial charge in [0.2, 0.25) is 0 Å². The fourth-order valence-electron chi connectivity index (χ4n) is 1.06. The summed E-state index contributed by atoms with van der Waals surface area (Å²) in [6.45, 7) is 1.97. The van der Waals surface area contributed by atoms with Crippen LogP contribution in [-0.2, 0) is 16.0 Å². The van der Waals surface area contributed by atoms with Gasteiger partial charge in [0.1, 0.15) is 0 Å². The van der Waals surface area contributed by atoms with Gasteiger partial charge in [-0.1, -0.05) is 0 Å². The van der Waals surface area contributed by atoms with Crippen LogP contribution in [0.15, 0.2) is 18.3 Å². The molecule has 0 aliphatic rings. The molecule has 0 bridgehead atoms. The Labute approximate surface area is 86.7 Å². The molecule has 0 fully saturated rings. The van der Waals surface area contributed by atoms with Crippen molar-refractivity contribution in [3.63, 3.8) is 0 Å². The molecule has 5 nitrogen and oxygen atoms in total. The maximum atomic E-state index is 11.3. The third kappa shape index (κ3) is 3.38. The number of carbonyl (C=O) groups is 2. The fraction of sp³-hybridized carbons (Fsp3) is 0.300. The van der Waals surface area contributed by atoms with Crippen molar-refractivity contribution >= 4 is 11.9 Å². The summed E-state index contributed by atoms with van der Waals surface area (Å²) in [5.74, 6) is -1.72. The lowest BCUT2D eigenvalue weighted by molar-refractivity contribution is -0.304. The van der Waals surface area contributed by atoms with Gasteiger partial charge in [-0.25, -0.2) is 4.79 Å². The van der Waals surface area contributed by atoms with E-state index in [0.717, 1.165) is 0 Å². The van der Waals surface area contributed by atoms with Crippen molar-refractivity contribution in [1.82, 2.24) is 4.98 Å². The summed E-state index contributed by atoms with van der Waals surface area (Å²) in [6, 6.07) is 2.85. The molecule has 1 aromatic heterocycles. The number of pyridine rings is 1. The highest BCUT2D eigenvalue weighted by molar-refractivity contribution is 5.89. The van der Waals surface area contributed by atoms with E-state index >= 15 is 0 Å². The topological polar surface area (TPSA) is 79.3 Å². The van der Waals surface area contributed by atoms with Gasteiger partial charge in [0, 0.05) is 24.3 Å². The van der Waals surface area contributed by atoms with E-state index < -0.39 is 11.9 Å². The molecule has 80 valence electrons. The zero-order valence-electron chi connectivity index (χ0n) is 8.23. The second kappa shape index (κ2) is 5.09. The number of aromatic nitrogens is 1. The van der Waals surface area contributed by atoms with Gasteiger partial charge in [-0.05, 0) is 19.1 Å². The number of esters is 1. The van der Waals surface area contributed by atoms with E-state index in [0.29, 0.717) is 5.56 Å². The highest BCUT2D eigenvalue weighted by atomic mass is 16.5. The lowest BCUT2D eigenvalue weighted by Gasteiger charge is -2.04. The summed E-state index contributed by atoms with van der Waals surface area (Å²) in [5, 5.41) is 10.3. The second-order valence-electron chi connectivity index (χ2n) is 2.81. The third-order valence-electron chi connectivity index (χ3n) is 1.65. The first-order valence-electron chi connectivity index (χ1n) is 4.45. The first kappa shape index (κ1) is 11.2. The first-order valence-corrected chi connectivity index (χ1v) is 4.45. The SMILES string of the molecule is CCOC(=O)c1ccnc(CC(=O)[O-])c1. The standard InChI is InChI=1S/C10H11NO4/c1-2-15-10(14)7-3-4-11-8(5-7)6-9(12)13/h3-5H,2,6H2,1H3,(H,12,13)/p-1. The third-order valence-corrected chi connectivity index (χ3v) is 1.65. The molecule has 1 heterocycles. The van der Waals surface area contributed by atoms with Crippen LogP contribution in [0.5, 0.6) is 0 Å². The molecule has 1 rings (SSSR count). The molecule has 15 heavy (non-hydrogen) atoms. The monoisotopic (exact) mass is 208 g/mol. The van der Waals surface area contributed by atoms with Crippen LogP contribution in [0, 0.1) is 0 Å². The van der Waals surface area contributed by atoms with Crippen LogP contribution in [0.25, 0.3) is 0 Å². The quantitative estimate of drug-likeness (QED) is 0.626. The molecular formula is C10H10NO4-. The van der Waals surface area contributed by atoms with Crippen LogP contribution in [-0.4, -0.2) is 23.5 Å². The molecule has 0 unspecified atom stereocenters. The average Bonchev–Trinajstić information content (AvgIpc) is 2.17. The van der Waals surface area contributed by atoms with Gasteiger partial charge >= 0.3 is 5.97 Å². The molecule has 0 N–H and O–H groups in total. The van der Waals surface area contributed by atoms with Gasteiger partial charge in [-0.2, -0.15) is 0 Å². The number of nitrogens with zero attached hydrogens (tertiary/aromatic N) is 1. The van der Waals surface area contributed by atoms with Crippen molar-refractivity contribution in [3.05, 3.63) is 29.6 Å². The highest BCUT2D eigenvalue weighted by Crippen LogP contribution is 2.04. The summed E-state index contributed by atoms with van der Waals surface area (Å²) < 4.78 is 4.76. The summed E-state index contributed by atoms with van der Waals surface area (Å²) >= 11 is 0. The predicted molar refractivity (Wildman–Crippen MR) is 48.9 cm³/mol. The van der Waals surface area contributed by atoms with Gasteiger partial charge in [-0.3, -0.25) is 4.98 Å². The van der Waals surface area contributed by atoms with E-state index in [9.17, 15) is 14.7 Å².